The second-order valence-electron chi connectivity index (χ2n) is 14.0. The van der Waals surface area contributed by atoms with Crippen molar-refractivity contribution in [3.8, 4) is 0 Å². The molecule has 0 radical (unpaired) electrons. The number of aliphatic carboxylic acids is 1. The lowest BCUT2D eigenvalue weighted by molar-refractivity contribution is -0.139. The number of benzene rings is 5. The molecule has 6 rings (SSSR count). The summed E-state index contributed by atoms with van der Waals surface area (Å²) in [6.07, 6.45) is -0.0161. The molecule has 1 heterocycles. The number of ether oxygens (including phenoxy) is 1. The lowest BCUT2D eigenvalue weighted by atomic mass is 9.87. The van der Waals surface area contributed by atoms with Crippen LogP contribution in [0.4, 0.5) is 10.5 Å². The van der Waals surface area contributed by atoms with E-state index in [1.807, 2.05) is 85.8 Å². The molecule has 0 bridgehead atoms. The van der Waals surface area contributed by atoms with Crippen molar-refractivity contribution in [3.05, 3.63) is 173 Å². The first kappa shape index (κ1) is 39.3. The molecule has 1 fully saturated rings. The van der Waals surface area contributed by atoms with E-state index in [0.29, 0.717) is 28.1 Å². The van der Waals surface area contributed by atoms with Gasteiger partial charge >= 0.3 is 12.1 Å². The number of nitrogens with zero attached hydrogens (tertiary/aromatic N) is 2. The fourth-order valence-electron chi connectivity index (χ4n) is 6.96. The third-order valence-corrected chi connectivity index (χ3v) is 9.87. The number of para-hydroxylation sites is 1. The Hall–Kier alpha value is -6.39. The summed E-state index contributed by atoms with van der Waals surface area (Å²) in [5.41, 5.74) is 4.48. The van der Waals surface area contributed by atoms with Crippen molar-refractivity contribution in [2.24, 2.45) is 10.9 Å². The molecule has 1 saturated heterocycles. The zero-order chi connectivity index (χ0) is 39.3. The Morgan fingerprint density at radius 2 is 1.41 bits per heavy atom. The van der Waals surface area contributed by atoms with Crippen LogP contribution in [0.2, 0.25) is 0 Å². The minimum Gasteiger partial charge on any atom is -0.480 e. The van der Waals surface area contributed by atoms with Crippen LogP contribution < -0.4 is 10.6 Å². The normalized spacial score (nSPS) is 15.7. The zero-order valence-corrected chi connectivity index (χ0v) is 31.3. The van der Waals surface area contributed by atoms with Crippen LogP contribution in [0, 0.1) is 5.92 Å². The molecule has 0 saturated carbocycles. The van der Waals surface area contributed by atoms with Gasteiger partial charge in [-0.25, -0.2) is 14.5 Å². The van der Waals surface area contributed by atoms with Crippen LogP contribution in [0.25, 0.3) is 0 Å². The molecule has 3 N–H and O–H groups in total. The van der Waals surface area contributed by atoms with Crippen LogP contribution in [0.3, 0.4) is 0 Å². The van der Waals surface area contributed by atoms with Crippen LogP contribution in [-0.4, -0.2) is 58.8 Å². The van der Waals surface area contributed by atoms with E-state index in [0.717, 1.165) is 30.0 Å². The first-order valence-corrected chi connectivity index (χ1v) is 18.9. The minimum absolute atomic E-state index is 0.00428. The SMILES string of the molecule is C[C@@H](CCNCc1ccccc1)CC(=O)Nc1ccccc1C(=N[C@H](C(=O)O)[C@H](CC(=O)N1C(=O)OC[C@@H]1c1ccccc1)c1ccccc1)c1ccccc1. The van der Waals surface area contributed by atoms with E-state index in [1.165, 1.54) is 5.56 Å². The van der Waals surface area contributed by atoms with Gasteiger partial charge in [0, 0.05) is 36.4 Å². The van der Waals surface area contributed by atoms with Crippen molar-refractivity contribution >= 4 is 35.3 Å². The smallest absolute Gasteiger partial charge is 0.417 e. The summed E-state index contributed by atoms with van der Waals surface area (Å²) in [6.45, 7) is 3.55. The molecule has 5 aromatic carbocycles. The molecule has 0 spiro atoms. The second-order valence-corrected chi connectivity index (χ2v) is 14.0. The standard InChI is InChI=1S/C46H46N4O6/c1-32(26-27-47-30-33-16-6-2-7-17-33)28-41(51)48-39-25-15-14-24-37(39)43(36-22-12-5-13-23-36)49-44(45(53)54)38(34-18-8-3-9-19-34)29-42(52)50-40(31-56-46(50)55)35-20-10-4-11-21-35/h2-25,32,38,40,44,47H,26-31H2,1H3,(H,48,51)(H,53,54)/t32-,38+,40+,44-/m0/s1. The average Bonchev–Trinajstić information content (AvgIpc) is 3.62. The zero-order valence-electron chi connectivity index (χ0n) is 31.3. The average molecular weight is 751 g/mol. The number of carbonyl (C=O) groups excluding carboxylic acids is 3. The van der Waals surface area contributed by atoms with E-state index in [2.05, 4.69) is 22.8 Å². The number of carboxylic acid groups (broad SMARTS) is 1. The molecule has 1 aliphatic rings. The van der Waals surface area contributed by atoms with Gasteiger partial charge in [-0.05, 0) is 41.6 Å². The number of aliphatic imine (C=N–C) groups is 1. The largest absolute Gasteiger partial charge is 0.480 e. The molecule has 0 aromatic heterocycles. The Morgan fingerprint density at radius 3 is 2.09 bits per heavy atom. The Kier molecular flexibility index (Phi) is 13.5. The highest BCUT2D eigenvalue weighted by atomic mass is 16.6. The molecule has 56 heavy (non-hydrogen) atoms. The molecule has 5 aromatic rings. The van der Waals surface area contributed by atoms with Gasteiger partial charge in [-0.15, -0.1) is 0 Å². The van der Waals surface area contributed by atoms with Gasteiger partial charge in [0.1, 0.15) is 12.6 Å². The number of carbonyl (C=O) groups is 4. The fraction of sp³-hybridized carbons (Fsp3) is 0.239. The van der Waals surface area contributed by atoms with E-state index < -0.39 is 36.0 Å². The van der Waals surface area contributed by atoms with Gasteiger partial charge in [0.05, 0.1) is 11.4 Å². The van der Waals surface area contributed by atoms with Crippen molar-refractivity contribution in [1.29, 1.82) is 0 Å². The summed E-state index contributed by atoms with van der Waals surface area (Å²) < 4.78 is 5.32. The van der Waals surface area contributed by atoms with Gasteiger partial charge in [-0.3, -0.25) is 14.6 Å². The number of nitrogens with one attached hydrogen (secondary N) is 2. The number of carboxylic acids is 1. The van der Waals surface area contributed by atoms with Crippen LogP contribution in [0.15, 0.2) is 151 Å². The van der Waals surface area contributed by atoms with Gasteiger partial charge < -0.3 is 20.5 Å². The summed E-state index contributed by atoms with van der Waals surface area (Å²) >= 11 is 0. The van der Waals surface area contributed by atoms with E-state index in [4.69, 9.17) is 9.73 Å². The van der Waals surface area contributed by atoms with Crippen molar-refractivity contribution in [3.63, 3.8) is 0 Å². The summed E-state index contributed by atoms with van der Waals surface area (Å²) in [6, 6.07) is 42.4. The predicted molar refractivity (Wildman–Crippen MR) is 216 cm³/mol. The number of amides is 3. The fourth-order valence-corrected chi connectivity index (χ4v) is 6.96. The molecule has 4 atom stereocenters. The molecule has 0 aliphatic carbocycles. The Morgan fingerprint density at radius 1 is 0.804 bits per heavy atom. The van der Waals surface area contributed by atoms with Crippen LogP contribution in [-0.2, 0) is 25.7 Å². The monoisotopic (exact) mass is 750 g/mol. The summed E-state index contributed by atoms with van der Waals surface area (Å²) in [4.78, 5) is 59.9. The van der Waals surface area contributed by atoms with Gasteiger partial charge in [0.25, 0.3) is 0 Å². The van der Waals surface area contributed by atoms with Crippen molar-refractivity contribution in [2.45, 2.75) is 50.7 Å². The maximum Gasteiger partial charge on any atom is 0.417 e. The molecule has 3 amide bonds. The van der Waals surface area contributed by atoms with Crippen LogP contribution in [0.5, 0.6) is 0 Å². The van der Waals surface area contributed by atoms with Crippen molar-refractivity contribution in [1.82, 2.24) is 10.2 Å². The minimum atomic E-state index is -1.46. The number of rotatable bonds is 17. The summed E-state index contributed by atoms with van der Waals surface area (Å²) in [7, 11) is 0. The van der Waals surface area contributed by atoms with E-state index in [-0.39, 0.29) is 31.3 Å². The highest BCUT2D eigenvalue weighted by molar-refractivity contribution is 6.17. The number of cyclic esters (lactones) is 1. The highest BCUT2D eigenvalue weighted by Crippen LogP contribution is 2.34. The van der Waals surface area contributed by atoms with Gasteiger partial charge in [-0.1, -0.05) is 146 Å². The molecular weight excluding hydrogens is 705 g/mol. The van der Waals surface area contributed by atoms with E-state index in [9.17, 15) is 24.3 Å². The first-order valence-electron chi connectivity index (χ1n) is 18.9. The Balaban J connectivity index is 1.27. The lowest BCUT2D eigenvalue weighted by Crippen LogP contribution is -2.38. The molecule has 10 heteroatoms. The molecule has 10 nitrogen and oxygen atoms in total. The van der Waals surface area contributed by atoms with Crippen LogP contribution in [0.1, 0.15) is 66.0 Å². The summed E-state index contributed by atoms with van der Waals surface area (Å²) in [5, 5.41) is 17.4. The molecule has 286 valence electrons. The Labute approximate surface area is 327 Å². The van der Waals surface area contributed by atoms with Crippen molar-refractivity contribution in [2.75, 3.05) is 18.5 Å². The van der Waals surface area contributed by atoms with Crippen LogP contribution >= 0.6 is 0 Å². The van der Waals surface area contributed by atoms with Gasteiger partial charge in [0.15, 0.2) is 6.04 Å². The first-order chi connectivity index (χ1) is 27.3. The number of hydrogen-bond donors (Lipinski definition) is 3. The predicted octanol–water partition coefficient (Wildman–Crippen LogP) is 8.02. The number of anilines is 1. The van der Waals surface area contributed by atoms with Gasteiger partial charge in [-0.2, -0.15) is 0 Å². The highest BCUT2D eigenvalue weighted by Gasteiger charge is 2.41. The maximum atomic E-state index is 14.1. The maximum absolute atomic E-state index is 14.1. The molecular formula is C46H46N4O6. The number of imide groups is 1. The third kappa shape index (κ3) is 10.2. The molecule has 1 aliphatic heterocycles. The second kappa shape index (κ2) is 19.3. The van der Waals surface area contributed by atoms with E-state index >= 15 is 0 Å². The van der Waals surface area contributed by atoms with Gasteiger partial charge in [0.2, 0.25) is 11.8 Å². The molecule has 0 unspecified atom stereocenters. The topological polar surface area (TPSA) is 137 Å². The third-order valence-electron chi connectivity index (χ3n) is 9.87. The Bertz CT molecular complexity index is 2110. The quantitative estimate of drug-likeness (QED) is 0.0647. The summed E-state index contributed by atoms with van der Waals surface area (Å²) in [5.74, 6) is -2.87. The number of hydrogen-bond acceptors (Lipinski definition) is 7. The van der Waals surface area contributed by atoms with E-state index in [1.54, 1.807) is 54.6 Å². The lowest BCUT2D eigenvalue weighted by Gasteiger charge is -2.26. The van der Waals surface area contributed by atoms with Crippen molar-refractivity contribution < 1.29 is 29.0 Å².